The summed E-state index contributed by atoms with van der Waals surface area (Å²) in [5.74, 6) is -0.334. The molecule has 1 heterocycles. The number of thiophene rings is 1. The van der Waals surface area contributed by atoms with Gasteiger partial charge in [-0.3, -0.25) is 4.79 Å². The molecule has 0 fully saturated rings. The summed E-state index contributed by atoms with van der Waals surface area (Å²) in [4.78, 5) is 11.8. The van der Waals surface area contributed by atoms with Crippen LogP contribution in [0.3, 0.4) is 0 Å². The van der Waals surface area contributed by atoms with E-state index in [-0.39, 0.29) is 5.91 Å². The van der Waals surface area contributed by atoms with Gasteiger partial charge in [-0.1, -0.05) is 0 Å². The van der Waals surface area contributed by atoms with Crippen LogP contribution >= 0.6 is 33.9 Å². The summed E-state index contributed by atoms with van der Waals surface area (Å²) >= 11 is 3.52. The van der Waals surface area contributed by atoms with Gasteiger partial charge in [0.15, 0.2) is 0 Å². The molecule has 1 N–H and O–H groups in total. The summed E-state index contributed by atoms with van der Waals surface area (Å²) in [6.45, 7) is 0. The number of amides is 1. The molecule has 1 aromatic heterocycles. The van der Waals surface area contributed by atoms with Crippen molar-refractivity contribution in [2.24, 2.45) is 0 Å². The third kappa shape index (κ3) is 3.69. The highest BCUT2D eigenvalue weighted by molar-refractivity contribution is 14.1. The Morgan fingerprint density at radius 1 is 1.21 bits per heavy atom. The molecule has 2 aromatic rings. The lowest BCUT2D eigenvalue weighted by molar-refractivity contribution is -0.137. The van der Waals surface area contributed by atoms with Crippen LogP contribution in [0.5, 0.6) is 0 Å². The monoisotopic (exact) mass is 397 g/mol. The van der Waals surface area contributed by atoms with Crippen LogP contribution in [0.2, 0.25) is 0 Å². The van der Waals surface area contributed by atoms with E-state index in [1.807, 2.05) is 0 Å². The number of nitrogens with one attached hydrogen (secondary N) is 1. The van der Waals surface area contributed by atoms with Crippen LogP contribution in [0.25, 0.3) is 0 Å². The SMILES string of the molecule is O=C(Nc1ccc(C(F)(F)F)cc1)c1csc(I)c1. The molecule has 0 bridgehead atoms. The summed E-state index contributed by atoms with van der Waals surface area (Å²) < 4.78 is 38.1. The van der Waals surface area contributed by atoms with Crippen LogP contribution in [-0.4, -0.2) is 5.91 Å². The first-order valence-corrected chi connectivity index (χ1v) is 7.05. The number of hydrogen-bond acceptors (Lipinski definition) is 2. The third-order valence-corrected chi connectivity index (χ3v) is 4.09. The van der Waals surface area contributed by atoms with Crippen molar-refractivity contribution in [2.75, 3.05) is 5.32 Å². The summed E-state index contributed by atoms with van der Waals surface area (Å²) in [7, 11) is 0. The zero-order valence-electron chi connectivity index (χ0n) is 9.29. The van der Waals surface area contributed by atoms with Gasteiger partial charge in [0.25, 0.3) is 5.91 Å². The van der Waals surface area contributed by atoms with Gasteiger partial charge in [-0.25, -0.2) is 0 Å². The fourth-order valence-electron chi connectivity index (χ4n) is 1.37. The summed E-state index contributed by atoms with van der Waals surface area (Å²) in [6.07, 6.45) is -4.37. The molecule has 0 aliphatic carbocycles. The molecule has 0 unspecified atom stereocenters. The largest absolute Gasteiger partial charge is 0.416 e. The fraction of sp³-hybridized carbons (Fsp3) is 0.0833. The predicted octanol–water partition coefficient (Wildman–Crippen LogP) is 4.62. The van der Waals surface area contributed by atoms with Crippen LogP contribution in [0.4, 0.5) is 18.9 Å². The predicted molar refractivity (Wildman–Crippen MR) is 76.4 cm³/mol. The number of alkyl halides is 3. The van der Waals surface area contributed by atoms with Crippen molar-refractivity contribution in [3.05, 3.63) is 49.7 Å². The van der Waals surface area contributed by atoms with Gasteiger partial charge in [-0.2, -0.15) is 13.2 Å². The summed E-state index contributed by atoms with van der Waals surface area (Å²) in [5.41, 5.74) is 0.0871. The molecule has 0 saturated carbocycles. The number of carbonyl (C=O) groups excluding carboxylic acids is 1. The molecule has 2 rings (SSSR count). The van der Waals surface area contributed by atoms with Crippen molar-refractivity contribution in [3.8, 4) is 0 Å². The van der Waals surface area contributed by atoms with E-state index in [2.05, 4.69) is 27.9 Å². The molecular weight excluding hydrogens is 390 g/mol. The number of anilines is 1. The van der Waals surface area contributed by atoms with E-state index in [1.54, 1.807) is 11.4 Å². The van der Waals surface area contributed by atoms with Gasteiger partial charge >= 0.3 is 6.18 Å². The highest BCUT2D eigenvalue weighted by atomic mass is 127. The van der Waals surface area contributed by atoms with Crippen LogP contribution in [0.15, 0.2) is 35.7 Å². The standard InChI is InChI=1S/C12H7F3INOS/c13-12(14,15)8-1-3-9(4-2-8)17-11(18)7-5-10(16)19-6-7/h1-6H,(H,17,18). The minimum atomic E-state index is -4.37. The number of carbonyl (C=O) groups is 1. The maximum absolute atomic E-state index is 12.4. The van der Waals surface area contributed by atoms with Crippen LogP contribution in [0, 0.1) is 2.88 Å². The highest BCUT2D eigenvalue weighted by Crippen LogP contribution is 2.30. The van der Waals surface area contributed by atoms with Crippen molar-refractivity contribution < 1.29 is 18.0 Å². The van der Waals surface area contributed by atoms with Gasteiger partial charge < -0.3 is 5.32 Å². The van der Waals surface area contributed by atoms with E-state index >= 15 is 0 Å². The lowest BCUT2D eigenvalue weighted by Crippen LogP contribution is -2.11. The molecule has 2 nitrogen and oxygen atoms in total. The highest BCUT2D eigenvalue weighted by Gasteiger charge is 2.29. The van der Waals surface area contributed by atoms with Crippen molar-refractivity contribution in [1.82, 2.24) is 0 Å². The number of benzene rings is 1. The fourth-order valence-corrected chi connectivity index (χ4v) is 2.70. The Kier molecular flexibility index (Phi) is 4.14. The number of rotatable bonds is 2. The Balaban J connectivity index is 2.10. The Labute approximate surface area is 124 Å². The minimum Gasteiger partial charge on any atom is -0.322 e. The smallest absolute Gasteiger partial charge is 0.322 e. The molecule has 1 amide bonds. The minimum absolute atomic E-state index is 0.333. The zero-order chi connectivity index (χ0) is 14.0. The molecule has 1 aromatic carbocycles. The first kappa shape index (κ1) is 14.3. The second-order valence-corrected chi connectivity index (χ2v) is 6.47. The van der Waals surface area contributed by atoms with Gasteiger partial charge in [0.05, 0.1) is 14.0 Å². The number of halogens is 4. The number of hydrogen-bond donors (Lipinski definition) is 1. The van der Waals surface area contributed by atoms with Crippen molar-refractivity contribution in [1.29, 1.82) is 0 Å². The molecular formula is C12H7F3INOS. The molecule has 7 heteroatoms. The third-order valence-electron chi connectivity index (χ3n) is 2.30. The van der Waals surface area contributed by atoms with Crippen LogP contribution < -0.4 is 5.32 Å². The normalized spacial score (nSPS) is 11.4. The second-order valence-electron chi connectivity index (χ2n) is 3.67. The maximum Gasteiger partial charge on any atom is 0.416 e. The maximum atomic E-state index is 12.4. The zero-order valence-corrected chi connectivity index (χ0v) is 12.3. The van der Waals surface area contributed by atoms with E-state index in [9.17, 15) is 18.0 Å². The Morgan fingerprint density at radius 2 is 1.84 bits per heavy atom. The van der Waals surface area contributed by atoms with Crippen molar-refractivity contribution in [2.45, 2.75) is 6.18 Å². The molecule has 0 atom stereocenters. The van der Waals surface area contributed by atoms with E-state index < -0.39 is 11.7 Å². The van der Waals surface area contributed by atoms with E-state index in [0.29, 0.717) is 11.3 Å². The molecule has 19 heavy (non-hydrogen) atoms. The first-order valence-electron chi connectivity index (χ1n) is 5.09. The second kappa shape index (κ2) is 5.49. The van der Waals surface area contributed by atoms with Crippen molar-refractivity contribution >= 4 is 45.5 Å². The van der Waals surface area contributed by atoms with Crippen molar-refractivity contribution in [3.63, 3.8) is 0 Å². The quantitative estimate of drug-likeness (QED) is 0.737. The van der Waals surface area contributed by atoms with Gasteiger partial charge in [0.2, 0.25) is 0 Å². The van der Waals surface area contributed by atoms with Gasteiger partial charge in [0, 0.05) is 11.1 Å². The molecule has 0 spiro atoms. The summed E-state index contributed by atoms with van der Waals surface area (Å²) in [5, 5.41) is 4.24. The first-order chi connectivity index (χ1) is 8.86. The Bertz CT molecular complexity index is 592. The van der Waals surface area contributed by atoms with Gasteiger partial charge in [-0.15, -0.1) is 11.3 Å². The molecule has 0 aliphatic heterocycles. The molecule has 0 saturated heterocycles. The topological polar surface area (TPSA) is 29.1 Å². The lowest BCUT2D eigenvalue weighted by Gasteiger charge is -2.08. The average molecular weight is 397 g/mol. The van der Waals surface area contributed by atoms with E-state index in [0.717, 1.165) is 15.0 Å². The van der Waals surface area contributed by atoms with Crippen LogP contribution in [0.1, 0.15) is 15.9 Å². The van der Waals surface area contributed by atoms with Crippen LogP contribution in [-0.2, 0) is 6.18 Å². The lowest BCUT2D eigenvalue weighted by atomic mass is 10.2. The molecule has 0 radical (unpaired) electrons. The van der Waals surface area contributed by atoms with Gasteiger partial charge in [-0.05, 0) is 52.9 Å². The Hall–Kier alpha value is -1.09. The van der Waals surface area contributed by atoms with E-state index in [4.69, 9.17) is 0 Å². The van der Waals surface area contributed by atoms with E-state index in [1.165, 1.54) is 23.5 Å². The average Bonchev–Trinajstić information content (AvgIpc) is 2.75. The summed E-state index contributed by atoms with van der Waals surface area (Å²) in [6, 6.07) is 6.06. The molecule has 100 valence electrons. The Morgan fingerprint density at radius 3 is 2.32 bits per heavy atom. The molecule has 0 aliphatic rings. The van der Waals surface area contributed by atoms with Gasteiger partial charge in [0.1, 0.15) is 0 Å².